The number of amides is 2. The third-order valence-corrected chi connectivity index (χ3v) is 3.80. The SMILES string of the molecule is CCOc1ccc(NC(=O)Nn2c(CC)nc3ccccc3c2=O)cc1. The van der Waals surface area contributed by atoms with Crippen LogP contribution in [0.2, 0.25) is 0 Å². The molecule has 0 bridgehead atoms. The number of carbonyl (C=O) groups is 1. The van der Waals surface area contributed by atoms with E-state index in [9.17, 15) is 9.59 Å². The van der Waals surface area contributed by atoms with Crippen LogP contribution >= 0.6 is 0 Å². The zero-order valence-corrected chi connectivity index (χ0v) is 14.7. The van der Waals surface area contributed by atoms with Crippen LogP contribution in [0.15, 0.2) is 53.3 Å². The molecule has 0 atom stereocenters. The lowest BCUT2D eigenvalue weighted by Crippen LogP contribution is -2.38. The van der Waals surface area contributed by atoms with E-state index in [2.05, 4.69) is 15.7 Å². The third kappa shape index (κ3) is 3.66. The number of nitrogens with zero attached hydrogens (tertiary/aromatic N) is 2. The Morgan fingerprint density at radius 2 is 1.85 bits per heavy atom. The van der Waals surface area contributed by atoms with E-state index in [-0.39, 0.29) is 5.56 Å². The van der Waals surface area contributed by atoms with Gasteiger partial charge in [-0.25, -0.2) is 19.9 Å². The van der Waals surface area contributed by atoms with Crippen molar-refractivity contribution in [3.63, 3.8) is 0 Å². The maximum Gasteiger partial charge on any atom is 0.338 e. The minimum Gasteiger partial charge on any atom is -0.494 e. The number of urea groups is 1. The summed E-state index contributed by atoms with van der Waals surface area (Å²) >= 11 is 0. The molecule has 7 heteroatoms. The summed E-state index contributed by atoms with van der Waals surface area (Å²) in [5, 5.41) is 3.14. The van der Waals surface area contributed by atoms with E-state index in [4.69, 9.17) is 4.74 Å². The Kier molecular flexibility index (Phi) is 5.17. The van der Waals surface area contributed by atoms with E-state index < -0.39 is 6.03 Å². The summed E-state index contributed by atoms with van der Waals surface area (Å²) in [6, 6.07) is 13.5. The normalized spacial score (nSPS) is 10.5. The molecular formula is C19H20N4O3. The predicted octanol–water partition coefficient (Wildman–Crippen LogP) is 3.13. The van der Waals surface area contributed by atoms with Crippen molar-refractivity contribution in [3.05, 3.63) is 64.7 Å². The van der Waals surface area contributed by atoms with Crippen LogP contribution in [0, 0.1) is 0 Å². The summed E-state index contributed by atoms with van der Waals surface area (Å²) in [6.45, 7) is 4.35. The van der Waals surface area contributed by atoms with Crippen molar-refractivity contribution in [2.24, 2.45) is 0 Å². The largest absolute Gasteiger partial charge is 0.494 e. The second-order valence-electron chi connectivity index (χ2n) is 5.56. The first kappa shape index (κ1) is 17.5. The van der Waals surface area contributed by atoms with Crippen molar-refractivity contribution < 1.29 is 9.53 Å². The highest BCUT2D eigenvalue weighted by atomic mass is 16.5. The number of hydrogen-bond donors (Lipinski definition) is 2. The number of benzene rings is 2. The molecule has 3 rings (SSSR count). The quantitative estimate of drug-likeness (QED) is 0.739. The Labute approximate surface area is 150 Å². The average Bonchev–Trinajstić information content (AvgIpc) is 2.65. The highest BCUT2D eigenvalue weighted by Gasteiger charge is 2.12. The number of aromatic nitrogens is 2. The molecule has 0 radical (unpaired) electrons. The Bertz CT molecular complexity index is 980. The van der Waals surface area contributed by atoms with E-state index in [0.717, 1.165) is 5.75 Å². The van der Waals surface area contributed by atoms with Gasteiger partial charge in [-0.2, -0.15) is 0 Å². The molecule has 1 heterocycles. The Hall–Kier alpha value is -3.35. The summed E-state index contributed by atoms with van der Waals surface area (Å²) in [5.74, 6) is 1.21. The van der Waals surface area contributed by atoms with E-state index >= 15 is 0 Å². The second-order valence-corrected chi connectivity index (χ2v) is 5.56. The molecule has 1 aromatic heterocycles. The molecule has 7 nitrogen and oxygen atoms in total. The van der Waals surface area contributed by atoms with Gasteiger partial charge in [0.2, 0.25) is 0 Å². The Balaban J connectivity index is 1.82. The van der Waals surface area contributed by atoms with Crippen LogP contribution in [0.4, 0.5) is 10.5 Å². The van der Waals surface area contributed by atoms with E-state index in [0.29, 0.717) is 35.4 Å². The van der Waals surface area contributed by atoms with Crippen LogP contribution in [0.3, 0.4) is 0 Å². The van der Waals surface area contributed by atoms with Crippen molar-refractivity contribution in [2.75, 3.05) is 17.3 Å². The molecule has 0 aliphatic rings. The highest BCUT2D eigenvalue weighted by Crippen LogP contribution is 2.15. The van der Waals surface area contributed by atoms with Gasteiger partial charge in [-0.05, 0) is 43.3 Å². The number of anilines is 1. The van der Waals surface area contributed by atoms with Crippen LogP contribution in [0.25, 0.3) is 10.9 Å². The lowest BCUT2D eigenvalue weighted by Gasteiger charge is -2.14. The molecule has 0 saturated carbocycles. The number of ether oxygens (including phenoxy) is 1. The number of fused-ring (bicyclic) bond motifs is 1. The third-order valence-electron chi connectivity index (χ3n) is 3.80. The van der Waals surface area contributed by atoms with Crippen LogP contribution in [-0.4, -0.2) is 22.3 Å². The summed E-state index contributed by atoms with van der Waals surface area (Å²) in [6.07, 6.45) is 0.503. The van der Waals surface area contributed by atoms with Crippen LogP contribution in [0.1, 0.15) is 19.7 Å². The number of hydrogen-bond acceptors (Lipinski definition) is 4. The van der Waals surface area contributed by atoms with Gasteiger partial charge in [-0.3, -0.25) is 4.79 Å². The molecular weight excluding hydrogens is 332 g/mol. The van der Waals surface area contributed by atoms with Gasteiger partial charge in [-0.1, -0.05) is 19.1 Å². The van der Waals surface area contributed by atoms with Crippen LogP contribution in [-0.2, 0) is 6.42 Å². The minimum absolute atomic E-state index is 0.311. The molecule has 0 aliphatic carbocycles. The number of rotatable bonds is 5. The first-order valence-corrected chi connectivity index (χ1v) is 8.44. The van der Waals surface area contributed by atoms with E-state index in [1.165, 1.54) is 4.68 Å². The summed E-state index contributed by atoms with van der Waals surface area (Å²) in [4.78, 5) is 29.4. The maximum atomic E-state index is 12.7. The standard InChI is InChI=1S/C19H20N4O3/c1-3-17-21-16-8-6-5-7-15(16)18(24)23(17)22-19(25)20-13-9-11-14(12-10-13)26-4-2/h5-12H,3-4H2,1-2H3,(H2,20,22,25). The summed E-state index contributed by atoms with van der Waals surface area (Å²) in [5.41, 5.74) is 3.46. The van der Waals surface area contributed by atoms with Crippen molar-refractivity contribution >= 4 is 22.6 Å². The lowest BCUT2D eigenvalue weighted by atomic mass is 10.2. The van der Waals surface area contributed by atoms with Gasteiger partial charge in [0.1, 0.15) is 11.6 Å². The van der Waals surface area contributed by atoms with Gasteiger partial charge in [0, 0.05) is 12.1 Å². The monoisotopic (exact) mass is 352 g/mol. The minimum atomic E-state index is -0.525. The Morgan fingerprint density at radius 1 is 1.12 bits per heavy atom. The van der Waals surface area contributed by atoms with E-state index in [1.54, 1.807) is 42.5 Å². The zero-order chi connectivity index (χ0) is 18.5. The average molecular weight is 352 g/mol. The topological polar surface area (TPSA) is 85.2 Å². The molecule has 2 amide bonds. The number of nitrogens with one attached hydrogen (secondary N) is 2. The van der Waals surface area contributed by atoms with Crippen molar-refractivity contribution in [3.8, 4) is 5.75 Å². The van der Waals surface area contributed by atoms with Gasteiger partial charge in [0.05, 0.1) is 17.5 Å². The maximum absolute atomic E-state index is 12.7. The van der Waals surface area contributed by atoms with E-state index in [1.807, 2.05) is 19.9 Å². The van der Waals surface area contributed by atoms with Gasteiger partial charge in [0.25, 0.3) is 5.56 Å². The molecule has 134 valence electrons. The Morgan fingerprint density at radius 3 is 2.54 bits per heavy atom. The van der Waals surface area contributed by atoms with Gasteiger partial charge >= 0.3 is 6.03 Å². The number of carbonyl (C=O) groups excluding carboxylic acids is 1. The molecule has 2 aromatic carbocycles. The fourth-order valence-electron chi connectivity index (χ4n) is 2.59. The highest BCUT2D eigenvalue weighted by molar-refractivity contribution is 5.95. The summed E-state index contributed by atoms with van der Waals surface area (Å²) < 4.78 is 6.55. The number of para-hydroxylation sites is 1. The van der Waals surface area contributed by atoms with Crippen LogP contribution in [0.5, 0.6) is 5.75 Å². The fraction of sp³-hybridized carbons (Fsp3) is 0.211. The van der Waals surface area contributed by atoms with Gasteiger partial charge in [-0.15, -0.1) is 0 Å². The number of aryl methyl sites for hydroxylation is 1. The lowest BCUT2D eigenvalue weighted by molar-refractivity contribution is 0.259. The van der Waals surface area contributed by atoms with Crippen molar-refractivity contribution in [1.82, 2.24) is 9.66 Å². The van der Waals surface area contributed by atoms with Crippen molar-refractivity contribution in [1.29, 1.82) is 0 Å². The molecule has 3 aromatic rings. The van der Waals surface area contributed by atoms with Crippen LogP contribution < -0.4 is 21.0 Å². The molecule has 2 N–H and O–H groups in total. The molecule has 0 unspecified atom stereocenters. The smallest absolute Gasteiger partial charge is 0.338 e. The van der Waals surface area contributed by atoms with Gasteiger partial charge in [0.15, 0.2) is 0 Å². The first-order valence-electron chi connectivity index (χ1n) is 8.44. The summed E-state index contributed by atoms with van der Waals surface area (Å²) in [7, 11) is 0. The molecule has 26 heavy (non-hydrogen) atoms. The van der Waals surface area contributed by atoms with Crippen molar-refractivity contribution in [2.45, 2.75) is 20.3 Å². The first-order chi connectivity index (χ1) is 12.6. The van der Waals surface area contributed by atoms with Gasteiger partial charge < -0.3 is 10.1 Å². The zero-order valence-electron chi connectivity index (χ0n) is 14.7. The molecule has 0 spiro atoms. The molecule has 0 saturated heterocycles. The predicted molar refractivity (Wildman–Crippen MR) is 101 cm³/mol. The molecule has 0 aliphatic heterocycles. The molecule has 0 fully saturated rings. The fourth-order valence-corrected chi connectivity index (χ4v) is 2.59. The second kappa shape index (κ2) is 7.69.